The van der Waals surface area contributed by atoms with Gasteiger partial charge in [0.25, 0.3) is 0 Å². The summed E-state index contributed by atoms with van der Waals surface area (Å²) < 4.78 is 22.8. The van der Waals surface area contributed by atoms with Crippen LogP contribution in [0.1, 0.15) is 19.8 Å². The number of nitrogens with zero attached hydrogens (tertiary/aromatic N) is 1. The van der Waals surface area contributed by atoms with Gasteiger partial charge in [0.05, 0.1) is 29.3 Å². The van der Waals surface area contributed by atoms with Gasteiger partial charge in [-0.15, -0.1) is 0 Å². The molecule has 0 amide bonds. The van der Waals surface area contributed by atoms with E-state index in [2.05, 4.69) is 0 Å². The largest absolute Gasteiger partial charge is 0.390 e. The minimum Gasteiger partial charge on any atom is -0.390 e. The van der Waals surface area contributed by atoms with Crippen LogP contribution in [-0.4, -0.2) is 65.9 Å². The van der Waals surface area contributed by atoms with Crippen LogP contribution >= 0.6 is 0 Å². The Kier molecular flexibility index (Phi) is 3.03. The van der Waals surface area contributed by atoms with Crippen molar-refractivity contribution in [1.82, 2.24) is 4.90 Å². The summed E-state index contributed by atoms with van der Waals surface area (Å²) >= 11 is 0. The Morgan fingerprint density at radius 3 is 2.25 bits per heavy atom. The molecule has 2 unspecified atom stereocenters. The van der Waals surface area contributed by atoms with Crippen LogP contribution in [0.5, 0.6) is 0 Å². The summed E-state index contributed by atoms with van der Waals surface area (Å²) in [4.78, 5) is 1.99. The number of likely N-dealkylation sites (tertiary alicyclic amines) is 1. The van der Waals surface area contributed by atoms with Crippen LogP contribution < -0.4 is 0 Å². The van der Waals surface area contributed by atoms with Gasteiger partial charge in [-0.2, -0.15) is 0 Å². The van der Waals surface area contributed by atoms with E-state index in [0.29, 0.717) is 25.9 Å². The summed E-state index contributed by atoms with van der Waals surface area (Å²) in [6.45, 7) is 3.11. The van der Waals surface area contributed by atoms with Gasteiger partial charge in [0.1, 0.15) is 0 Å². The first-order valence-electron chi connectivity index (χ1n) is 5.64. The van der Waals surface area contributed by atoms with Crippen molar-refractivity contribution in [2.75, 3.05) is 24.6 Å². The number of rotatable bonds is 1. The number of piperidine rings is 1. The molecule has 2 aliphatic rings. The molecule has 2 aliphatic heterocycles. The maximum Gasteiger partial charge on any atom is 0.154 e. The number of hydrogen-bond acceptors (Lipinski definition) is 5. The highest BCUT2D eigenvalue weighted by Crippen LogP contribution is 2.26. The minimum atomic E-state index is -3.08. The van der Waals surface area contributed by atoms with Crippen molar-refractivity contribution in [3.63, 3.8) is 0 Å². The lowest BCUT2D eigenvalue weighted by Gasteiger charge is -2.39. The van der Waals surface area contributed by atoms with Crippen LogP contribution in [0.15, 0.2) is 0 Å². The van der Waals surface area contributed by atoms with Gasteiger partial charge in [-0.3, -0.25) is 4.90 Å². The fourth-order valence-electron chi connectivity index (χ4n) is 2.50. The molecular formula is C10H19NO4S. The topological polar surface area (TPSA) is 77.8 Å². The van der Waals surface area contributed by atoms with Crippen LogP contribution in [0, 0.1) is 0 Å². The van der Waals surface area contributed by atoms with E-state index in [1.54, 1.807) is 6.92 Å². The smallest absolute Gasteiger partial charge is 0.154 e. The molecule has 2 N–H and O–H groups in total. The molecule has 0 aliphatic carbocycles. The zero-order chi connectivity index (χ0) is 12.0. The molecule has 0 bridgehead atoms. The average molecular weight is 249 g/mol. The van der Waals surface area contributed by atoms with Crippen LogP contribution in [0.3, 0.4) is 0 Å². The van der Waals surface area contributed by atoms with Gasteiger partial charge in [0.15, 0.2) is 9.84 Å². The van der Waals surface area contributed by atoms with Crippen molar-refractivity contribution in [1.29, 1.82) is 0 Å². The van der Waals surface area contributed by atoms with E-state index in [9.17, 15) is 18.6 Å². The molecule has 2 saturated heterocycles. The Morgan fingerprint density at radius 1 is 1.25 bits per heavy atom. The van der Waals surface area contributed by atoms with Gasteiger partial charge in [0, 0.05) is 13.1 Å². The summed E-state index contributed by atoms with van der Waals surface area (Å²) in [6.07, 6.45) is 0.500. The van der Waals surface area contributed by atoms with E-state index in [1.807, 2.05) is 4.90 Å². The molecule has 2 rings (SSSR count). The third-order valence-electron chi connectivity index (χ3n) is 3.64. The van der Waals surface area contributed by atoms with E-state index in [-0.39, 0.29) is 17.5 Å². The first kappa shape index (κ1) is 12.3. The van der Waals surface area contributed by atoms with Gasteiger partial charge in [-0.1, -0.05) is 0 Å². The summed E-state index contributed by atoms with van der Waals surface area (Å²) in [5.74, 6) is -0.0686. The molecule has 2 fully saturated rings. The summed E-state index contributed by atoms with van der Waals surface area (Å²) in [6, 6.07) is -0.277. The normalized spacial score (nSPS) is 38.7. The highest BCUT2D eigenvalue weighted by molar-refractivity contribution is 7.91. The van der Waals surface area contributed by atoms with Crippen molar-refractivity contribution in [3.8, 4) is 0 Å². The van der Waals surface area contributed by atoms with Crippen LogP contribution in [0.25, 0.3) is 0 Å². The van der Waals surface area contributed by atoms with E-state index in [0.717, 1.165) is 0 Å². The third kappa shape index (κ3) is 2.56. The molecule has 16 heavy (non-hydrogen) atoms. The second-order valence-corrected chi connectivity index (χ2v) is 7.40. The maximum atomic E-state index is 11.4. The summed E-state index contributed by atoms with van der Waals surface area (Å²) in [7, 11) is -3.08. The Morgan fingerprint density at radius 2 is 1.81 bits per heavy atom. The fraction of sp³-hybridized carbons (Fsp3) is 1.00. The Bertz CT molecular complexity index is 355. The van der Waals surface area contributed by atoms with Gasteiger partial charge in [0.2, 0.25) is 0 Å². The number of aliphatic hydroxyl groups excluding tert-OH is 1. The van der Waals surface area contributed by atoms with E-state index < -0.39 is 21.5 Å². The molecule has 0 aromatic rings. The molecule has 0 saturated carbocycles. The van der Waals surface area contributed by atoms with Crippen molar-refractivity contribution >= 4 is 9.84 Å². The quantitative estimate of drug-likeness (QED) is 0.623. The van der Waals surface area contributed by atoms with Crippen molar-refractivity contribution < 1.29 is 18.6 Å². The molecular weight excluding hydrogens is 230 g/mol. The molecule has 6 heteroatoms. The molecule has 2 atom stereocenters. The number of sulfone groups is 1. The van der Waals surface area contributed by atoms with Crippen LogP contribution in [0.4, 0.5) is 0 Å². The second-order valence-electron chi connectivity index (χ2n) is 5.24. The van der Waals surface area contributed by atoms with Gasteiger partial charge < -0.3 is 10.2 Å². The van der Waals surface area contributed by atoms with Gasteiger partial charge in [-0.05, 0) is 19.8 Å². The first-order valence-corrected chi connectivity index (χ1v) is 7.46. The summed E-state index contributed by atoms with van der Waals surface area (Å²) in [5, 5.41) is 19.5. The Labute approximate surface area is 96.0 Å². The highest BCUT2D eigenvalue weighted by Gasteiger charge is 2.42. The summed E-state index contributed by atoms with van der Waals surface area (Å²) in [5.41, 5.74) is -0.640. The molecule has 0 aromatic heterocycles. The lowest BCUT2D eigenvalue weighted by molar-refractivity contribution is -0.0282. The lowest BCUT2D eigenvalue weighted by atomic mass is 9.92. The molecule has 0 aromatic carbocycles. The van der Waals surface area contributed by atoms with Crippen LogP contribution in [-0.2, 0) is 9.84 Å². The van der Waals surface area contributed by atoms with Crippen molar-refractivity contribution in [2.24, 2.45) is 0 Å². The molecule has 5 nitrogen and oxygen atoms in total. The molecule has 0 radical (unpaired) electrons. The van der Waals surface area contributed by atoms with E-state index in [4.69, 9.17) is 0 Å². The first-order chi connectivity index (χ1) is 7.29. The predicted octanol–water partition coefficient (Wildman–Crippen LogP) is -1.01. The average Bonchev–Trinajstić information content (AvgIpc) is 2.40. The maximum absolute atomic E-state index is 11.4. The fourth-order valence-corrected chi connectivity index (χ4v) is 4.33. The third-order valence-corrected chi connectivity index (χ3v) is 5.34. The monoisotopic (exact) mass is 249 g/mol. The Hall–Kier alpha value is -0.170. The SMILES string of the molecule is CC1(O)CCN(C2CS(=O)(=O)CC2O)CC1. The zero-order valence-corrected chi connectivity index (χ0v) is 10.3. The van der Waals surface area contributed by atoms with E-state index in [1.165, 1.54) is 0 Å². The highest BCUT2D eigenvalue weighted by atomic mass is 32.2. The van der Waals surface area contributed by atoms with Gasteiger partial charge in [-0.25, -0.2) is 8.42 Å². The van der Waals surface area contributed by atoms with Crippen molar-refractivity contribution in [2.45, 2.75) is 37.5 Å². The van der Waals surface area contributed by atoms with Crippen molar-refractivity contribution in [3.05, 3.63) is 0 Å². The number of aliphatic hydroxyl groups is 2. The molecule has 2 heterocycles. The standard InChI is InChI=1S/C10H19NO4S/c1-10(13)2-4-11(5-3-10)8-6-16(14,15)7-9(8)12/h8-9,12-13H,2-7H2,1H3. The molecule has 94 valence electrons. The lowest BCUT2D eigenvalue weighted by Crippen LogP contribution is -2.50. The Balaban J connectivity index is 2.00. The minimum absolute atomic E-state index is 0.0519. The van der Waals surface area contributed by atoms with E-state index >= 15 is 0 Å². The van der Waals surface area contributed by atoms with Gasteiger partial charge >= 0.3 is 0 Å². The molecule has 0 spiro atoms. The predicted molar refractivity (Wildman–Crippen MR) is 59.9 cm³/mol. The number of hydrogen-bond donors (Lipinski definition) is 2. The van der Waals surface area contributed by atoms with Crippen LogP contribution in [0.2, 0.25) is 0 Å². The zero-order valence-electron chi connectivity index (χ0n) is 9.46. The second kappa shape index (κ2) is 3.94.